The van der Waals surface area contributed by atoms with Crippen LogP contribution in [0.4, 0.5) is 5.82 Å². The quantitative estimate of drug-likeness (QED) is 0.287. The maximum absolute atomic E-state index is 13.4. The summed E-state index contributed by atoms with van der Waals surface area (Å²) in [6.45, 7) is 2.01. The highest BCUT2D eigenvalue weighted by Gasteiger charge is 2.21. The van der Waals surface area contributed by atoms with Gasteiger partial charge in [-0.05, 0) is 36.8 Å². The first-order chi connectivity index (χ1) is 16.1. The minimum atomic E-state index is -0.182. The van der Waals surface area contributed by atoms with Crippen LogP contribution < -0.4 is 5.32 Å². The second-order valence-electron chi connectivity index (χ2n) is 8.79. The molecule has 1 aromatic carbocycles. The van der Waals surface area contributed by atoms with E-state index in [2.05, 4.69) is 20.3 Å². The number of aromatic nitrogens is 4. The van der Waals surface area contributed by atoms with Gasteiger partial charge >= 0.3 is 0 Å². The number of Topliss-reactive ketones (excluding diaryl/α,β-unsaturated/α-hetero) is 1. The molecule has 0 unspecified atom stereocenters. The van der Waals surface area contributed by atoms with E-state index in [0.717, 1.165) is 33.2 Å². The summed E-state index contributed by atoms with van der Waals surface area (Å²) >= 11 is 8.01. The van der Waals surface area contributed by atoms with Crippen LogP contribution in [0.25, 0.3) is 21.1 Å². The molecule has 4 aromatic rings. The molecule has 0 radical (unpaired) electrons. The molecule has 0 saturated heterocycles. The van der Waals surface area contributed by atoms with Crippen molar-refractivity contribution in [3.05, 3.63) is 52.5 Å². The van der Waals surface area contributed by atoms with Gasteiger partial charge in [0.1, 0.15) is 22.4 Å². The van der Waals surface area contributed by atoms with Crippen molar-refractivity contribution in [3.63, 3.8) is 0 Å². The van der Waals surface area contributed by atoms with Gasteiger partial charge in [0.05, 0.1) is 22.3 Å². The zero-order chi connectivity index (χ0) is 22.8. The topological polar surface area (TPSA) is 80.7 Å². The molecule has 3 heterocycles. The lowest BCUT2D eigenvalue weighted by molar-refractivity contribution is 0.0967. The lowest BCUT2D eigenvalue weighted by atomic mass is 9.85. The number of rotatable bonds is 7. The third-order valence-electron chi connectivity index (χ3n) is 6.53. The average molecular weight is 480 g/mol. The normalized spacial score (nSPS) is 15.7. The predicted molar refractivity (Wildman–Crippen MR) is 134 cm³/mol. The number of ketones is 1. The first-order valence-corrected chi connectivity index (χ1v) is 12.8. The molecule has 1 N–H and O–H groups in total. The molecule has 0 bridgehead atoms. The lowest BCUT2D eigenvalue weighted by Crippen LogP contribution is -2.14. The van der Waals surface area contributed by atoms with E-state index >= 15 is 0 Å². The van der Waals surface area contributed by atoms with Gasteiger partial charge in [0.25, 0.3) is 0 Å². The molecule has 0 amide bonds. The maximum Gasteiger partial charge on any atom is 0.181 e. The van der Waals surface area contributed by atoms with Gasteiger partial charge < -0.3 is 5.32 Å². The highest BCUT2D eigenvalue weighted by Crippen LogP contribution is 2.32. The number of nitrogens with zero attached hydrogens (tertiary/aromatic N) is 4. The number of carbonyl (C=O) groups is 1. The number of benzene rings is 1. The molecule has 33 heavy (non-hydrogen) atoms. The Morgan fingerprint density at radius 3 is 2.91 bits per heavy atom. The number of fused-ring (bicyclic) bond motifs is 2. The zero-order valence-electron chi connectivity index (χ0n) is 18.6. The molecule has 6 nitrogen and oxygen atoms in total. The second kappa shape index (κ2) is 9.69. The molecule has 0 aliphatic heterocycles. The van der Waals surface area contributed by atoms with Crippen molar-refractivity contribution in [1.29, 1.82) is 0 Å². The van der Waals surface area contributed by atoms with Crippen LogP contribution in [0.2, 0.25) is 5.02 Å². The monoisotopic (exact) mass is 479 g/mol. The third kappa shape index (κ3) is 4.70. The summed E-state index contributed by atoms with van der Waals surface area (Å²) in [6.07, 6.45) is 9.30. The molecule has 1 atom stereocenters. The molecule has 8 heteroatoms. The Morgan fingerprint density at radius 2 is 2.06 bits per heavy atom. The number of thiazole rings is 1. The van der Waals surface area contributed by atoms with Gasteiger partial charge in [-0.2, -0.15) is 0 Å². The molecule has 1 fully saturated rings. The number of nitrogens with one attached hydrogen (secondary N) is 1. The standard InChI is InChI=1S/C25H26ClN5OS/c1-15(30-24-23-25(28-13-27-24)33-14-29-23)19-12-17-8-5-9-18(26)21(17)22(31-19)20(32)11-10-16-6-3-2-4-7-16/h5,8-9,12-16H,2-4,6-7,10-11H2,1H3,(H,27,28,30)/t15-/m0/s1. The summed E-state index contributed by atoms with van der Waals surface area (Å²) in [5.41, 5.74) is 3.74. The molecule has 3 aromatic heterocycles. The van der Waals surface area contributed by atoms with E-state index in [-0.39, 0.29) is 11.8 Å². The Bertz CT molecular complexity index is 1300. The van der Waals surface area contributed by atoms with Crippen molar-refractivity contribution in [1.82, 2.24) is 19.9 Å². The third-order valence-corrected chi connectivity index (χ3v) is 7.57. The van der Waals surface area contributed by atoms with E-state index in [9.17, 15) is 4.79 Å². The molecule has 170 valence electrons. The van der Waals surface area contributed by atoms with Crippen molar-refractivity contribution < 1.29 is 4.79 Å². The van der Waals surface area contributed by atoms with Crippen molar-refractivity contribution >= 4 is 55.7 Å². The van der Waals surface area contributed by atoms with E-state index in [1.807, 2.05) is 31.2 Å². The Labute approximate surface area is 201 Å². The van der Waals surface area contributed by atoms with E-state index in [4.69, 9.17) is 16.6 Å². The van der Waals surface area contributed by atoms with Crippen LogP contribution in [-0.4, -0.2) is 25.7 Å². The van der Waals surface area contributed by atoms with E-state index in [1.165, 1.54) is 49.8 Å². The van der Waals surface area contributed by atoms with Gasteiger partial charge in [0.15, 0.2) is 11.6 Å². The Kier molecular flexibility index (Phi) is 6.51. The average Bonchev–Trinajstić information content (AvgIpc) is 3.33. The van der Waals surface area contributed by atoms with Crippen molar-refractivity contribution in [2.45, 2.75) is 57.9 Å². The molecular weight excluding hydrogens is 454 g/mol. The maximum atomic E-state index is 13.4. The fraction of sp³-hybridized carbons (Fsp3) is 0.400. The molecule has 1 aliphatic carbocycles. The lowest BCUT2D eigenvalue weighted by Gasteiger charge is -2.21. The predicted octanol–water partition coefficient (Wildman–Crippen LogP) is 7.00. The number of halogens is 1. The number of hydrogen-bond acceptors (Lipinski definition) is 7. The fourth-order valence-corrected chi connectivity index (χ4v) is 5.62. The first kappa shape index (κ1) is 22.2. The summed E-state index contributed by atoms with van der Waals surface area (Å²) in [6, 6.07) is 7.53. The largest absolute Gasteiger partial charge is 0.360 e. The van der Waals surface area contributed by atoms with Crippen LogP contribution in [0, 0.1) is 5.92 Å². The zero-order valence-corrected chi connectivity index (χ0v) is 20.1. The van der Waals surface area contributed by atoms with Crippen LogP contribution in [0.1, 0.15) is 74.1 Å². The minimum absolute atomic E-state index is 0.0663. The number of pyridine rings is 1. The highest BCUT2D eigenvalue weighted by molar-refractivity contribution is 7.16. The Morgan fingerprint density at radius 1 is 1.21 bits per heavy atom. The van der Waals surface area contributed by atoms with Gasteiger partial charge in [-0.25, -0.2) is 19.9 Å². The van der Waals surface area contributed by atoms with E-state index in [1.54, 1.807) is 5.51 Å². The minimum Gasteiger partial charge on any atom is -0.360 e. The van der Waals surface area contributed by atoms with Crippen LogP contribution in [-0.2, 0) is 0 Å². The van der Waals surface area contributed by atoms with Crippen LogP contribution >= 0.6 is 22.9 Å². The molecular formula is C25H26ClN5OS. The smallest absolute Gasteiger partial charge is 0.181 e. The van der Waals surface area contributed by atoms with Crippen molar-refractivity contribution in [3.8, 4) is 0 Å². The number of anilines is 1. The SMILES string of the molecule is C[C@H](Nc1ncnc2scnc12)c1cc2cccc(Cl)c2c(C(=O)CCC2CCCCC2)n1. The van der Waals surface area contributed by atoms with Gasteiger partial charge in [-0.3, -0.25) is 4.79 Å². The molecule has 0 spiro atoms. The van der Waals surface area contributed by atoms with E-state index < -0.39 is 0 Å². The Balaban J connectivity index is 1.45. The fourth-order valence-electron chi connectivity index (χ4n) is 4.72. The van der Waals surface area contributed by atoms with Gasteiger partial charge in [-0.1, -0.05) is 55.8 Å². The Hall–Kier alpha value is -2.64. The van der Waals surface area contributed by atoms with Crippen LogP contribution in [0.15, 0.2) is 36.1 Å². The molecule has 1 saturated carbocycles. The summed E-state index contributed by atoms with van der Waals surface area (Å²) < 4.78 is 0. The van der Waals surface area contributed by atoms with Crippen LogP contribution in [0.3, 0.4) is 0 Å². The van der Waals surface area contributed by atoms with Gasteiger partial charge in [0, 0.05) is 11.8 Å². The summed E-state index contributed by atoms with van der Waals surface area (Å²) in [4.78, 5) is 32.0. The highest BCUT2D eigenvalue weighted by atomic mass is 35.5. The summed E-state index contributed by atoms with van der Waals surface area (Å²) in [5.74, 6) is 1.37. The number of hydrogen-bond donors (Lipinski definition) is 1. The second-order valence-corrected chi connectivity index (χ2v) is 10.0. The van der Waals surface area contributed by atoms with Crippen molar-refractivity contribution in [2.24, 2.45) is 5.92 Å². The van der Waals surface area contributed by atoms with Crippen molar-refractivity contribution in [2.75, 3.05) is 5.32 Å². The van der Waals surface area contributed by atoms with Crippen LogP contribution in [0.5, 0.6) is 0 Å². The van der Waals surface area contributed by atoms with Gasteiger partial charge in [-0.15, -0.1) is 11.3 Å². The summed E-state index contributed by atoms with van der Waals surface area (Å²) in [5, 5.41) is 5.63. The summed E-state index contributed by atoms with van der Waals surface area (Å²) in [7, 11) is 0. The first-order valence-electron chi connectivity index (χ1n) is 11.5. The molecule has 5 rings (SSSR count). The number of carbonyl (C=O) groups excluding carboxylic acids is 1. The molecule has 1 aliphatic rings. The van der Waals surface area contributed by atoms with E-state index in [0.29, 0.717) is 28.9 Å². The van der Waals surface area contributed by atoms with Gasteiger partial charge in [0.2, 0.25) is 0 Å².